The highest BCUT2D eigenvalue weighted by atomic mass is 79.9. The summed E-state index contributed by atoms with van der Waals surface area (Å²) in [6.45, 7) is 0.731. The van der Waals surface area contributed by atoms with Crippen molar-refractivity contribution in [2.45, 2.75) is 24.0 Å². The number of anilines is 2. The van der Waals surface area contributed by atoms with Gasteiger partial charge in [-0.25, -0.2) is 18.0 Å². The lowest BCUT2D eigenvalue weighted by atomic mass is 9.97. The van der Waals surface area contributed by atoms with E-state index in [1.807, 2.05) is 0 Å². The average Bonchev–Trinajstić information content (AvgIpc) is 3.24. The first-order valence-electron chi connectivity index (χ1n) is 12.1. The molecular formula is C26H28BrN3O7S2. The monoisotopic (exact) mass is 637 g/mol. The first kappa shape index (κ1) is 28.9. The molecule has 208 valence electrons. The Hall–Kier alpha value is -3.13. The number of rotatable bonds is 11. The number of carboxylic acids is 2. The van der Waals surface area contributed by atoms with Crippen LogP contribution in [0.3, 0.4) is 0 Å². The predicted molar refractivity (Wildman–Crippen MR) is 154 cm³/mol. The molecule has 10 nitrogen and oxygen atoms in total. The van der Waals surface area contributed by atoms with Crippen LogP contribution in [0.25, 0.3) is 10.4 Å². The summed E-state index contributed by atoms with van der Waals surface area (Å²) in [7, 11) is -3.69. The number of aromatic carboxylic acids is 1. The number of piperidine rings is 1. The fourth-order valence-electron chi connectivity index (χ4n) is 4.52. The van der Waals surface area contributed by atoms with E-state index in [1.54, 1.807) is 48.5 Å². The Labute approximate surface area is 238 Å². The number of carboxylic acid groups (broad SMARTS) is 2. The van der Waals surface area contributed by atoms with Crippen molar-refractivity contribution in [3.05, 3.63) is 63.4 Å². The van der Waals surface area contributed by atoms with Gasteiger partial charge in [-0.3, -0.25) is 0 Å². The van der Waals surface area contributed by atoms with Gasteiger partial charge in [0.1, 0.15) is 5.37 Å². The summed E-state index contributed by atoms with van der Waals surface area (Å²) in [5, 5.41) is 24.3. The largest absolute Gasteiger partial charge is 0.479 e. The number of benzene rings is 2. The van der Waals surface area contributed by atoms with Crippen LogP contribution in [-0.4, -0.2) is 55.6 Å². The van der Waals surface area contributed by atoms with Crippen molar-refractivity contribution in [1.82, 2.24) is 5.32 Å². The van der Waals surface area contributed by atoms with Crippen LogP contribution < -0.4 is 21.1 Å². The summed E-state index contributed by atoms with van der Waals surface area (Å²) in [4.78, 5) is 23.1. The molecule has 6 N–H and O–H groups in total. The molecule has 39 heavy (non-hydrogen) atoms. The molecule has 1 saturated heterocycles. The minimum atomic E-state index is -3.69. The number of sulfone groups is 1. The van der Waals surface area contributed by atoms with E-state index in [2.05, 4.69) is 26.6 Å². The number of aliphatic carboxylic acids is 1. The molecule has 13 heteroatoms. The standard InChI is InChI=1S/C26H28BrN3O7S2/c27-21-22(37-13-20(31)32)24(26(33)34)38-23(21)16-5-3-6-18(12-16)30-25(15-8-10-29-11-9-15)39(35,36)14-17-4-1-2-7-19(17)28/h1-7,12,15,25,29-30H,8-11,13-14,28H2,(H,31,32)(H,33,34). The van der Waals surface area contributed by atoms with E-state index in [0.717, 1.165) is 11.3 Å². The van der Waals surface area contributed by atoms with Crippen LogP contribution in [0, 0.1) is 5.92 Å². The average molecular weight is 639 g/mol. The molecule has 4 rings (SSSR count). The summed E-state index contributed by atoms with van der Waals surface area (Å²) in [5.41, 5.74) is 8.17. The molecule has 0 bridgehead atoms. The quantitative estimate of drug-likeness (QED) is 0.191. The van der Waals surface area contributed by atoms with Crippen LogP contribution >= 0.6 is 27.3 Å². The Bertz CT molecular complexity index is 1470. The summed E-state index contributed by atoms with van der Waals surface area (Å²) < 4.78 is 33.0. The van der Waals surface area contributed by atoms with E-state index < -0.39 is 33.8 Å². The van der Waals surface area contributed by atoms with Gasteiger partial charge in [-0.15, -0.1) is 11.3 Å². The maximum absolute atomic E-state index is 13.7. The first-order chi connectivity index (χ1) is 18.6. The highest BCUT2D eigenvalue weighted by molar-refractivity contribution is 9.10. The van der Waals surface area contributed by atoms with Crippen molar-refractivity contribution in [2.75, 3.05) is 30.7 Å². The molecule has 1 unspecified atom stereocenters. The van der Waals surface area contributed by atoms with Gasteiger partial charge >= 0.3 is 11.9 Å². The molecule has 0 spiro atoms. The zero-order valence-electron chi connectivity index (χ0n) is 20.7. The second-order valence-corrected chi connectivity index (χ2v) is 13.1. The first-order valence-corrected chi connectivity index (χ1v) is 15.4. The number of carbonyl (C=O) groups is 2. The summed E-state index contributed by atoms with van der Waals surface area (Å²) in [6, 6.07) is 13.9. The molecule has 1 aliphatic heterocycles. The second kappa shape index (κ2) is 12.4. The van der Waals surface area contributed by atoms with E-state index in [4.69, 9.17) is 15.6 Å². The number of hydrogen-bond acceptors (Lipinski definition) is 9. The lowest BCUT2D eigenvalue weighted by Crippen LogP contribution is -2.43. The lowest BCUT2D eigenvalue weighted by Gasteiger charge is -2.32. The zero-order chi connectivity index (χ0) is 28.2. The predicted octanol–water partition coefficient (Wildman–Crippen LogP) is 4.27. The maximum Gasteiger partial charge on any atom is 0.349 e. The topological polar surface area (TPSA) is 168 Å². The highest BCUT2D eigenvalue weighted by Gasteiger charge is 2.35. The van der Waals surface area contributed by atoms with Crippen LogP contribution in [0.1, 0.15) is 28.1 Å². The van der Waals surface area contributed by atoms with Crippen LogP contribution in [-0.2, 0) is 20.4 Å². The van der Waals surface area contributed by atoms with Gasteiger partial charge < -0.3 is 31.3 Å². The third-order valence-corrected chi connectivity index (χ3v) is 10.6. The molecule has 0 radical (unpaired) electrons. The molecule has 1 atom stereocenters. The fourth-order valence-corrected chi connectivity index (χ4v) is 8.46. The van der Waals surface area contributed by atoms with Gasteiger partial charge in [-0.05, 0) is 77.1 Å². The number of ether oxygens (including phenoxy) is 1. The number of nitrogens with one attached hydrogen (secondary N) is 2. The van der Waals surface area contributed by atoms with Crippen molar-refractivity contribution >= 4 is 60.4 Å². The van der Waals surface area contributed by atoms with Crippen molar-refractivity contribution < 1.29 is 33.0 Å². The molecule has 1 aliphatic rings. The number of nitrogens with two attached hydrogens (primary N) is 1. The molecule has 0 amide bonds. The van der Waals surface area contributed by atoms with Gasteiger partial charge in [0.2, 0.25) is 0 Å². The van der Waals surface area contributed by atoms with Crippen molar-refractivity contribution in [1.29, 1.82) is 0 Å². The lowest BCUT2D eigenvalue weighted by molar-refractivity contribution is -0.139. The van der Waals surface area contributed by atoms with Gasteiger partial charge in [0.15, 0.2) is 27.1 Å². The SMILES string of the molecule is Nc1ccccc1CS(=O)(=O)C(Nc1cccc(-c2sc(C(=O)O)c(OCC(=O)O)c2Br)c1)C1CCNCC1. The van der Waals surface area contributed by atoms with Gasteiger partial charge in [0.25, 0.3) is 0 Å². The minimum Gasteiger partial charge on any atom is -0.479 e. The third-order valence-electron chi connectivity index (χ3n) is 6.39. The summed E-state index contributed by atoms with van der Waals surface area (Å²) in [5.74, 6) is -2.89. The highest BCUT2D eigenvalue weighted by Crippen LogP contribution is 2.46. The van der Waals surface area contributed by atoms with Crippen LogP contribution in [0.5, 0.6) is 5.75 Å². The van der Waals surface area contributed by atoms with Gasteiger partial charge in [0.05, 0.1) is 15.1 Å². The van der Waals surface area contributed by atoms with E-state index in [1.165, 1.54) is 0 Å². The summed E-state index contributed by atoms with van der Waals surface area (Å²) in [6.07, 6.45) is 1.37. The van der Waals surface area contributed by atoms with E-state index in [0.29, 0.717) is 57.8 Å². The van der Waals surface area contributed by atoms with Crippen LogP contribution in [0.15, 0.2) is 53.0 Å². The zero-order valence-corrected chi connectivity index (χ0v) is 23.9. The summed E-state index contributed by atoms with van der Waals surface area (Å²) >= 11 is 4.30. The van der Waals surface area contributed by atoms with Crippen LogP contribution in [0.4, 0.5) is 11.4 Å². The number of nitrogen functional groups attached to an aromatic ring is 1. The van der Waals surface area contributed by atoms with Crippen molar-refractivity contribution in [3.8, 4) is 16.2 Å². The molecule has 2 heterocycles. The Kier molecular flexibility index (Phi) is 9.15. The second-order valence-electron chi connectivity index (χ2n) is 9.13. The Morgan fingerprint density at radius 1 is 1.15 bits per heavy atom. The number of para-hydroxylation sites is 1. The van der Waals surface area contributed by atoms with Gasteiger partial charge in [-0.1, -0.05) is 30.3 Å². The molecule has 1 aromatic heterocycles. The molecule has 1 fully saturated rings. The molecule has 0 aliphatic carbocycles. The minimum absolute atomic E-state index is 0.0705. The maximum atomic E-state index is 13.7. The van der Waals surface area contributed by atoms with E-state index in [-0.39, 0.29) is 22.3 Å². The molecule has 3 aromatic rings. The Morgan fingerprint density at radius 3 is 2.54 bits per heavy atom. The smallest absolute Gasteiger partial charge is 0.349 e. The molecule has 2 aromatic carbocycles. The number of thiophene rings is 1. The number of hydrogen-bond donors (Lipinski definition) is 5. The molecule has 0 saturated carbocycles. The van der Waals surface area contributed by atoms with E-state index >= 15 is 0 Å². The van der Waals surface area contributed by atoms with Gasteiger partial charge in [-0.2, -0.15) is 0 Å². The molecular weight excluding hydrogens is 610 g/mol. The van der Waals surface area contributed by atoms with Crippen molar-refractivity contribution in [3.63, 3.8) is 0 Å². The van der Waals surface area contributed by atoms with Crippen LogP contribution in [0.2, 0.25) is 0 Å². The fraction of sp³-hybridized carbons (Fsp3) is 0.308. The Balaban J connectivity index is 1.67. The van der Waals surface area contributed by atoms with Gasteiger partial charge in [0, 0.05) is 11.4 Å². The van der Waals surface area contributed by atoms with E-state index in [9.17, 15) is 23.1 Å². The normalized spacial score (nSPS) is 15.0. The number of halogens is 1. The third kappa shape index (κ3) is 6.90. The van der Waals surface area contributed by atoms with Crippen molar-refractivity contribution in [2.24, 2.45) is 5.92 Å². The Morgan fingerprint density at radius 2 is 1.87 bits per heavy atom.